The maximum atomic E-state index is 13.0. The molecule has 0 bridgehead atoms. The van der Waals surface area contributed by atoms with Crippen LogP contribution in [0.15, 0.2) is 41.0 Å². The van der Waals surface area contributed by atoms with E-state index in [9.17, 15) is 4.39 Å². The number of hydrogen-bond donors (Lipinski definition) is 0. The highest BCUT2D eigenvalue weighted by atomic mass is 79.9. The van der Waals surface area contributed by atoms with Gasteiger partial charge < -0.3 is 4.74 Å². The minimum atomic E-state index is -0.357. The Morgan fingerprint density at radius 2 is 2.00 bits per heavy atom. The van der Waals surface area contributed by atoms with E-state index in [1.165, 1.54) is 30.5 Å². The molecule has 2 rings (SSSR count). The summed E-state index contributed by atoms with van der Waals surface area (Å²) >= 11 is 3.07. The lowest BCUT2D eigenvalue weighted by Gasteiger charge is -2.06. The van der Waals surface area contributed by atoms with E-state index in [0.717, 1.165) is 0 Å². The van der Waals surface area contributed by atoms with E-state index in [0.29, 0.717) is 16.0 Å². The molecule has 0 aliphatic heterocycles. The van der Waals surface area contributed by atoms with Crippen LogP contribution in [0.1, 0.15) is 5.69 Å². The van der Waals surface area contributed by atoms with Gasteiger partial charge in [-0.15, -0.1) is 0 Å². The SMILES string of the molecule is N#Cc1cc(Oc2ccc(F)c(Br)c2)ccn1. The molecule has 0 N–H and O–H groups in total. The molecule has 2 aromatic rings. The third kappa shape index (κ3) is 2.80. The molecule has 0 amide bonds. The van der Waals surface area contributed by atoms with Crippen LogP contribution in [0.25, 0.3) is 0 Å². The number of halogens is 2. The van der Waals surface area contributed by atoms with E-state index in [2.05, 4.69) is 20.9 Å². The van der Waals surface area contributed by atoms with Gasteiger partial charge in [-0.2, -0.15) is 5.26 Å². The molecule has 17 heavy (non-hydrogen) atoms. The Bertz CT molecular complexity index is 595. The van der Waals surface area contributed by atoms with E-state index >= 15 is 0 Å². The molecule has 0 fully saturated rings. The molecule has 0 saturated carbocycles. The molecule has 0 unspecified atom stereocenters. The zero-order valence-electron chi connectivity index (χ0n) is 8.52. The normalized spacial score (nSPS) is 9.71. The molecule has 0 saturated heterocycles. The number of rotatable bonds is 2. The van der Waals surface area contributed by atoms with Gasteiger partial charge in [-0.3, -0.25) is 0 Å². The predicted octanol–water partition coefficient (Wildman–Crippen LogP) is 3.65. The maximum Gasteiger partial charge on any atom is 0.144 e. The summed E-state index contributed by atoms with van der Waals surface area (Å²) < 4.78 is 18.8. The summed E-state index contributed by atoms with van der Waals surface area (Å²) in [7, 11) is 0. The molecular weight excluding hydrogens is 287 g/mol. The average Bonchev–Trinajstić information content (AvgIpc) is 2.34. The molecule has 0 radical (unpaired) electrons. The largest absolute Gasteiger partial charge is 0.457 e. The highest BCUT2D eigenvalue weighted by Crippen LogP contribution is 2.26. The quantitative estimate of drug-likeness (QED) is 0.849. The third-order valence-corrected chi connectivity index (χ3v) is 2.58. The van der Waals surface area contributed by atoms with Gasteiger partial charge >= 0.3 is 0 Å². The second-order valence-electron chi connectivity index (χ2n) is 3.17. The lowest BCUT2D eigenvalue weighted by Crippen LogP contribution is -1.88. The highest BCUT2D eigenvalue weighted by molar-refractivity contribution is 9.10. The van der Waals surface area contributed by atoms with Gasteiger partial charge in [0.15, 0.2) is 0 Å². The highest BCUT2D eigenvalue weighted by Gasteiger charge is 2.03. The lowest BCUT2D eigenvalue weighted by atomic mass is 10.3. The zero-order chi connectivity index (χ0) is 12.3. The Morgan fingerprint density at radius 3 is 2.71 bits per heavy atom. The molecule has 0 atom stereocenters. The van der Waals surface area contributed by atoms with Crippen LogP contribution in [-0.2, 0) is 0 Å². The standard InChI is InChI=1S/C12H6BrFN2O/c13-11-6-9(1-2-12(11)14)17-10-3-4-16-8(5-10)7-15/h1-6H. The number of nitrogens with zero attached hydrogens (tertiary/aromatic N) is 2. The van der Waals surface area contributed by atoms with Gasteiger partial charge in [-0.05, 0) is 40.2 Å². The van der Waals surface area contributed by atoms with Gasteiger partial charge in [0.2, 0.25) is 0 Å². The van der Waals surface area contributed by atoms with Crippen molar-refractivity contribution in [1.82, 2.24) is 4.98 Å². The van der Waals surface area contributed by atoms with Gasteiger partial charge in [-0.1, -0.05) is 0 Å². The van der Waals surface area contributed by atoms with Crippen LogP contribution >= 0.6 is 15.9 Å². The molecule has 1 aromatic carbocycles. The first kappa shape index (κ1) is 11.6. The van der Waals surface area contributed by atoms with Gasteiger partial charge in [0, 0.05) is 12.3 Å². The molecular formula is C12H6BrFN2O. The molecule has 3 nitrogen and oxygen atoms in total. The first-order chi connectivity index (χ1) is 8.19. The Balaban J connectivity index is 2.25. The van der Waals surface area contributed by atoms with Crippen LogP contribution < -0.4 is 4.74 Å². The Labute approximate surface area is 106 Å². The van der Waals surface area contributed by atoms with Crippen LogP contribution in [0.5, 0.6) is 11.5 Å². The van der Waals surface area contributed by atoms with Crippen molar-refractivity contribution in [3.05, 3.63) is 52.5 Å². The molecule has 5 heteroatoms. The second-order valence-corrected chi connectivity index (χ2v) is 4.02. The summed E-state index contributed by atoms with van der Waals surface area (Å²) in [4.78, 5) is 3.82. The van der Waals surface area contributed by atoms with Crippen molar-refractivity contribution in [1.29, 1.82) is 5.26 Å². The zero-order valence-corrected chi connectivity index (χ0v) is 10.1. The van der Waals surface area contributed by atoms with Crippen LogP contribution in [0.2, 0.25) is 0 Å². The second kappa shape index (κ2) is 4.93. The number of benzene rings is 1. The minimum Gasteiger partial charge on any atom is -0.457 e. The monoisotopic (exact) mass is 292 g/mol. The van der Waals surface area contributed by atoms with Crippen molar-refractivity contribution >= 4 is 15.9 Å². The van der Waals surface area contributed by atoms with Crippen LogP contribution in [0.3, 0.4) is 0 Å². The number of hydrogen-bond acceptors (Lipinski definition) is 3. The average molecular weight is 293 g/mol. The van der Waals surface area contributed by atoms with Gasteiger partial charge in [0.1, 0.15) is 29.1 Å². The van der Waals surface area contributed by atoms with Gasteiger partial charge in [0.25, 0.3) is 0 Å². The van der Waals surface area contributed by atoms with Crippen molar-refractivity contribution in [3.8, 4) is 17.6 Å². The van der Waals surface area contributed by atoms with Crippen molar-refractivity contribution in [2.24, 2.45) is 0 Å². The van der Waals surface area contributed by atoms with Crippen LogP contribution in [0.4, 0.5) is 4.39 Å². The Hall–Kier alpha value is -1.93. The summed E-state index contributed by atoms with van der Waals surface area (Å²) in [5.41, 5.74) is 0.267. The summed E-state index contributed by atoms with van der Waals surface area (Å²) in [6.45, 7) is 0. The molecule has 0 spiro atoms. The number of nitriles is 1. The van der Waals surface area contributed by atoms with Gasteiger partial charge in [0.05, 0.1) is 4.47 Å². The van der Waals surface area contributed by atoms with Crippen LogP contribution in [-0.4, -0.2) is 4.98 Å². The molecule has 84 valence electrons. The fraction of sp³-hybridized carbons (Fsp3) is 0. The van der Waals surface area contributed by atoms with Crippen LogP contribution in [0, 0.1) is 17.1 Å². The third-order valence-electron chi connectivity index (χ3n) is 1.97. The van der Waals surface area contributed by atoms with E-state index in [1.807, 2.05) is 6.07 Å². The molecule has 0 aliphatic carbocycles. The summed E-state index contributed by atoms with van der Waals surface area (Å²) in [5, 5.41) is 8.68. The minimum absolute atomic E-state index is 0.267. The summed E-state index contributed by atoms with van der Waals surface area (Å²) in [6.07, 6.45) is 1.48. The fourth-order valence-electron chi connectivity index (χ4n) is 1.21. The Morgan fingerprint density at radius 1 is 1.24 bits per heavy atom. The van der Waals surface area contributed by atoms with Crippen molar-refractivity contribution in [2.75, 3.05) is 0 Å². The number of aromatic nitrogens is 1. The van der Waals surface area contributed by atoms with E-state index < -0.39 is 0 Å². The smallest absolute Gasteiger partial charge is 0.144 e. The first-order valence-corrected chi connectivity index (χ1v) is 5.47. The molecule has 0 aliphatic rings. The van der Waals surface area contributed by atoms with Gasteiger partial charge in [-0.25, -0.2) is 9.37 Å². The Kier molecular flexibility index (Phi) is 3.35. The lowest BCUT2D eigenvalue weighted by molar-refractivity contribution is 0.479. The van der Waals surface area contributed by atoms with Crippen molar-refractivity contribution in [3.63, 3.8) is 0 Å². The number of ether oxygens (including phenoxy) is 1. The topological polar surface area (TPSA) is 45.9 Å². The van der Waals surface area contributed by atoms with E-state index in [4.69, 9.17) is 10.00 Å². The molecule has 1 heterocycles. The van der Waals surface area contributed by atoms with E-state index in [-0.39, 0.29) is 11.5 Å². The summed E-state index contributed by atoms with van der Waals surface area (Å²) in [6, 6.07) is 9.37. The summed E-state index contributed by atoms with van der Waals surface area (Å²) in [5.74, 6) is 0.605. The van der Waals surface area contributed by atoms with Crippen molar-refractivity contribution in [2.45, 2.75) is 0 Å². The first-order valence-electron chi connectivity index (χ1n) is 4.68. The molecule has 1 aromatic heterocycles. The number of pyridine rings is 1. The van der Waals surface area contributed by atoms with Crippen molar-refractivity contribution < 1.29 is 9.13 Å². The predicted molar refractivity (Wildman–Crippen MR) is 63.1 cm³/mol. The maximum absolute atomic E-state index is 13.0. The van der Waals surface area contributed by atoms with E-state index in [1.54, 1.807) is 6.07 Å². The fourth-order valence-corrected chi connectivity index (χ4v) is 1.57.